The molecule has 1 fully saturated rings. The normalized spacial score (nSPS) is 17.4. The highest BCUT2D eigenvalue weighted by Crippen LogP contribution is 2.21. The maximum Gasteiger partial charge on any atom is 0.282 e. The summed E-state index contributed by atoms with van der Waals surface area (Å²) >= 11 is 0. The van der Waals surface area contributed by atoms with Crippen molar-refractivity contribution in [3.8, 4) is 0 Å². The first-order valence-electron chi connectivity index (χ1n) is 8.82. The van der Waals surface area contributed by atoms with Crippen molar-refractivity contribution in [2.45, 2.75) is 19.9 Å². The Hall–Kier alpha value is -2.36. The monoisotopic (exact) mass is 409 g/mol. The number of hydrogen-bond donors (Lipinski definition) is 1. The lowest BCUT2D eigenvalue weighted by Crippen LogP contribution is -2.51. The fourth-order valence-electron chi connectivity index (χ4n) is 3.06. The number of benzene rings is 2. The quantitative estimate of drug-likeness (QED) is 0.826. The van der Waals surface area contributed by atoms with Crippen molar-refractivity contribution < 1.29 is 22.0 Å². The van der Waals surface area contributed by atoms with E-state index in [0.717, 1.165) is 27.6 Å². The molecule has 150 valence electrons. The molecule has 0 spiro atoms. The Morgan fingerprint density at radius 2 is 1.82 bits per heavy atom. The number of carbonyl (C=O) groups excluding carboxylic acids is 1. The number of nitrogens with zero attached hydrogens (tertiary/aromatic N) is 2. The summed E-state index contributed by atoms with van der Waals surface area (Å²) in [6, 6.07) is 10.3. The van der Waals surface area contributed by atoms with Crippen LogP contribution in [0.4, 0.5) is 14.5 Å². The number of rotatable bonds is 5. The second kappa shape index (κ2) is 8.34. The maximum absolute atomic E-state index is 13.7. The van der Waals surface area contributed by atoms with Crippen molar-refractivity contribution in [1.82, 2.24) is 8.61 Å². The summed E-state index contributed by atoms with van der Waals surface area (Å²) in [6.45, 7) is 2.25. The van der Waals surface area contributed by atoms with Crippen molar-refractivity contribution >= 4 is 21.8 Å². The predicted octanol–water partition coefficient (Wildman–Crippen LogP) is 2.66. The van der Waals surface area contributed by atoms with Gasteiger partial charge < -0.3 is 5.32 Å². The number of carbonyl (C=O) groups is 1. The SMILES string of the molecule is Cc1ccccc1CN1CCCN(CC(=O)Nc2ccc(F)cc2F)S1(=O)=O. The van der Waals surface area contributed by atoms with Gasteiger partial charge in [-0.05, 0) is 36.6 Å². The Morgan fingerprint density at radius 3 is 2.54 bits per heavy atom. The highest BCUT2D eigenvalue weighted by atomic mass is 32.2. The number of anilines is 1. The van der Waals surface area contributed by atoms with Gasteiger partial charge in [0.25, 0.3) is 10.2 Å². The number of halogens is 2. The standard InChI is InChI=1S/C19H21F2N3O3S/c1-14-5-2-3-6-15(14)12-23-9-4-10-24(28(23,26)27)13-19(25)22-18-8-7-16(20)11-17(18)21/h2-3,5-8,11H,4,9-10,12-13H2,1H3,(H,22,25). The predicted molar refractivity (Wildman–Crippen MR) is 102 cm³/mol. The topological polar surface area (TPSA) is 69.7 Å². The van der Waals surface area contributed by atoms with Crippen LogP contribution in [0.2, 0.25) is 0 Å². The van der Waals surface area contributed by atoms with Crippen LogP contribution in [0.25, 0.3) is 0 Å². The lowest BCUT2D eigenvalue weighted by atomic mass is 10.1. The summed E-state index contributed by atoms with van der Waals surface area (Å²) < 4.78 is 54.8. The number of hydrogen-bond acceptors (Lipinski definition) is 3. The van der Waals surface area contributed by atoms with E-state index in [1.807, 2.05) is 31.2 Å². The van der Waals surface area contributed by atoms with Crippen molar-refractivity contribution in [1.29, 1.82) is 0 Å². The van der Waals surface area contributed by atoms with Gasteiger partial charge in [0.15, 0.2) is 0 Å². The first-order chi connectivity index (χ1) is 13.3. The largest absolute Gasteiger partial charge is 0.322 e. The highest BCUT2D eigenvalue weighted by Gasteiger charge is 2.34. The fraction of sp³-hybridized carbons (Fsp3) is 0.316. The summed E-state index contributed by atoms with van der Waals surface area (Å²) in [5, 5.41) is 2.29. The van der Waals surface area contributed by atoms with Gasteiger partial charge >= 0.3 is 0 Å². The molecule has 0 aliphatic carbocycles. The van der Waals surface area contributed by atoms with E-state index in [2.05, 4.69) is 5.32 Å². The molecule has 2 aromatic carbocycles. The van der Waals surface area contributed by atoms with Crippen molar-refractivity contribution in [2.75, 3.05) is 25.0 Å². The smallest absolute Gasteiger partial charge is 0.282 e. The minimum atomic E-state index is -3.83. The van der Waals surface area contributed by atoms with Crippen molar-refractivity contribution in [3.63, 3.8) is 0 Å². The van der Waals surface area contributed by atoms with E-state index < -0.39 is 34.3 Å². The maximum atomic E-state index is 13.7. The zero-order valence-electron chi connectivity index (χ0n) is 15.4. The average Bonchev–Trinajstić information content (AvgIpc) is 2.63. The van der Waals surface area contributed by atoms with E-state index >= 15 is 0 Å². The minimum Gasteiger partial charge on any atom is -0.322 e. The molecule has 0 radical (unpaired) electrons. The molecule has 1 saturated heterocycles. The third-order valence-electron chi connectivity index (χ3n) is 4.60. The molecular weight excluding hydrogens is 388 g/mol. The molecule has 2 aromatic rings. The Balaban J connectivity index is 1.69. The Morgan fingerprint density at radius 1 is 1.11 bits per heavy atom. The molecule has 0 saturated carbocycles. The molecule has 1 aliphatic rings. The summed E-state index contributed by atoms with van der Waals surface area (Å²) in [7, 11) is -3.83. The molecule has 0 bridgehead atoms. The number of aryl methyl sites for hydroxylation is 1. The van der Waals surface area contributed by atoms with Gasteiger partial charge in [-0.1, -0.05) is 24.3 Å². The third-order valence-corrected chi connectivity index (χ3v) is 6.53. The molecule has 0 atom stereocenters. The second-order valence-electron chi connectivity index (χ2n) is 6.63. The summed E-state index contributed by atoms with van der Waals surface area (Å²) in [5.74, 6) is -2.37. The molecule has 28 heavy (non-hydrogen) atoms. The van der Waals surface area contributed by atoms with Crippen LogP contribution in [0.1, 0.15) is 17.5 Å². The van der Waals surface area contributed by atoms with Gasteiger partial charge in [0.1, 0.15) is 11.6 Å². The molecule has 1 aliphatic heterocycles. The van der Waals surface area contributed by atoms with E-state index in [4.69, 9.17) is 0 Å². The van der Waals surface area contributed by atoms with Crippen molar-refractivity contribution in [3.05, 3.63) is 65.2 Å². The third kappa shape index (κ3) is 4.54. The number of nitrogens with one attached hydrogen (secondary N) is 1. The van der Waals surface area contributed by atoms with Gasteiger partial charge in [0.2, 0.25) is 5.91 Å². The van der Waals surface area contributed by atoms with Crippen LogP contribution in [-0.4, -0.2) is 42.6 Å². The molecule has 1 heterocycles. The van der Waals surface area contributed by atoms with Crippen molar-refractivity contribution in [2.24, 2.45) is 0 Å². The first-order valence-corrected chi connectivity index (χ1v) is 10.2. The average molecular weight is 409 g/mol. The second-order valence-corrected chi connectivity index (χ2v) is 8.56. The lowest BCUT2D eigenvalue weighted by molar-refractivity contribution is -0.116. The van der Waals surface area contributed by atoms with Crippen LogP contribution in [0.15, 0.2) is 42.5 Å². The molecule has 9 heteroatoms. The van der Waals surface area contributed by atoms with Crippen LogP contribution in [0.5, 0.6) is 0 Å². The highest BCUT2D eigenvalue weighted by molar-refractivity contribution is 7.86. The van der Waals surface area contributed by atoms with Crippen LogP contribution in [-0.2, 0) is 21.5 Å². The molecule has 1 N–H and O–H groups in total. The van der Waals surface area contributed by atoms with E-state index in [1.54, 1.807) is 0 Å². The summed E-state index contributed by atoms with van der Waals surface area (Å²) in [5.41, 5.74) is 1.68. The molecule has 0 unspecified atom stereocenters. The lowest BCUT2D eigenvalue weighted by Gasteiger charge is -2.34. The van der Waals surface area contributed by atoms with E-state index in [0.29, 0.717) is 19.0 Å². The molecule has 1 amide bonds. The minimum absolute atomic E-state index is 0.197. The molecular formula is C19H21F2N3O3S. The van der Waals surface area contributed by atoms with E-state index in [9.17, 15) is 22.0 Å². The van der Waals surface area contributed by atoms with Gasteiger partial charge in [-0.3, -0.25) is 4.79 Å². The first kappa shape index (κ1) is 20.4. The van der Waals surface area contributed by atoms with Crippen LogP contribution < -0.4 is 5.32 Å². The Labute approximate surface area is 162 Å². The zero-order valence-corrected chi connectivity index (χ0v) is 16.2. The zero-order chi connectivity index (χ0) is 20.3. The van der Waals surface area contributed by atoms with Gasteiger partial charge in [-0.15, -0.1) is 0 Å². The van der Waals surface area contributed by atoms with Gasteiger partial charge in [-0.25, -0.2) is 8.78 Å². The van der Waals surface area contributed by atoms with Crippen LogP contribution >= 0.6 is 0 Å². The van der Waals surface area contributed by atoms with E-state index in [-0.39, 0.29) is 18.8 Å². The van der Waals surface area contributed by atoms with Gasteiger partial charge in [0, 0.05) is 25.7 Å². The van der Waals surface area contributed by atoms with Gasteiger partial charge in [-0.2, -0.15) is 17.0 Å². The van der Waals surface area contributed by atoms with Crippen LogP contribution in [0, 0.1) is 18.6 Å². The number of amides is 1. The summed E-state index contributed by atoms with van der Waals surface area (Å²) in [4.78, 5) is 12.2. The Kier molecular flexibility index (Phi) is 6.07. The molecule has 3 rings (SSSR count). The summed E-state index contributed by atoms with van der Waals surface area (Å²) in [6.07, 6.45) is 0.573. The van der Waals surface area contributed by atoms with Gasteiger partial charge in [0.05, 0.1) is 12.2 Å². The Bertz CT molecular complexity index is 982. The fourth-order valence-corrected chi connectivity index (χ4v) is 4.69. The molecule has 6 nitrogen and oxygen atoms in total. The van der Waals surface area contributed by atoms with E-state index in [1.165, 1.54) is 4.31 Å². The molecule has 0 aromatic heterocycles. The van der Waals surface area contributed by atoms with Crippen LogP contribution in [0.3, 0.4) is 0 Å².